The second-order valence-corrected chi connectivity index (χ2v) is 6.13. The van der Waals surface area contributed by atoms with Gasteiger partial charge in [0.25, 0.3) is 5.91 Å². The highest BCUT2D eigenvalue weighted by atomic mass is 79.9. The number of halogens is 1. The molecule has 0 unspecified atom stereocenters. The molecule has 0 spiro atoms. The maximum atomic E-state index is 12.4. The second-order valence-electron chi connectivity index (χ2n) is 5.27. The fraction of sp³-hybridized carbons (Fsp3) is 0.333. The van der Waals surface area contributed by atoms with Gasteiger partial charge in [0, 0.05) is 23.1 Å². The van der Waals surface area contributed by atoms with Crippen molar-refractivity contribution in [2.75, 3.05) is 6.54 Å². The summed E-state index contributed by atoms with van der Waals surface area (Å²) in [6, 6.07) is 4.26. The molecule has 1 aromatic carbocycles. The number of H-pyrrole nitrogens is 1. The van der Waals surface area contributed by atoms with Crippen LogP contribution in [-0.2, 0) is 13.0 Å². The molecule has 0 radical (unpaired) electrons. The highest BCUT2D eigenvalue weighted by Gasteiger charge is 2.26. The van der Waals surface area contributed by atoms with Crippen LogP contribution in [-0.4, -0.2) is 27.5 Å². The molecule has 0 aliphatic carbocycles. The number of nitrogens with zero attached hydrogens (tertiary/aromatic N) is 2. The third-order valence-corrected chi connectivity index (χ3v) is 4.70. The molecule has 5 heteroatoms. The van der Waals surface area contributed by atoms with Crippen molar-refractivity contribution in [3.8, 4) is 0 Å². The molecule has 0 fully saturated rings. The number of nitrogens with one attached hydrogen (secondary N) is 1. The van der Waals surface area contributed by atoms with E-state index in [0.29, 0.717) is 12.2 Å². The van der Waals surface area contributed by atoms with Crippen LogP contribution in [0.15, 0.2) is 22.8 Å². The summed E-state index contributed by atoms with van der Waals surface area (Å²) in [5.41, 5.74) is 5.25. The van der Waals surface area contributed by atoms with Gasteiger partial charge in [0.2, 0.25) is 0 Å². The van der Waals surface area contributed by atoms with Gasteiger partial charge in [-0.05, 0) is 43.0 Å². The lowest BCUT2D eigenvalue weighted by atomic mass is 10.0. The molecule has 1 aromatic heterocycles. The summed E-state index contributed by atoms with van der Waals surface area (Å²) in [5.74, 6) is 0.0451. The van der Waals surface area contributed by atoms with Gasteiger partial charge in [-0.25, -0.2) is 0 Å². The number of carbonyl (C=O) groups is 1. The molecule has 2 heterocycles. The number of amides is 1. The number of hydrogen-bond donors (Lipinski definition) is 1. The normalized spacial score (nSPS) is 14.6. The van der Waals surface area contributed by atoms with E-state index in [-0.39, 0.29) is 5.91 Å². The van der Waals surface area contributed by atoms with Crippen LogP contribution in [0.2, 0.25) is 0 Å². The van der Waals surface area contributed by atoms with Crippen molar-refractivity contribution < 1.29 is 4.79 Å². The maximum absolute atomic E-state index is 12.4. The van der Waals surface area contributed by atoms with Crippen LogP contribution < -0.4 is 0 Å². The number of hydrogen-bond acceptors (Lipinski definition) is 2. The van der Waals surface area contributed by atoms with Crippen molar-refractivity contribution in [3.05, 3.63) is 50.8 Å². The van der Waals surface area contributed by atoms with Gasteiger partial charge in [0.1, 0.15) is 5.69 Å². The Bertz CT molecular complexity index is 678. The fourth-order valence-electron chi connectivity index (χ4n) is 2.57. The quantitative estimate of drug-likeness (QED) is 0.918. The Morgan fingerprint density at radius 1 is 1.35 bits per heavy atom. The monoisotopic (exact) mass is 333 g/mol. The van der Waals surface area contributed by atoms with E-state index in [2.05, 4.69) is 52.1 Å². The molecular formula is C15H16BrN3O. The number of carbonyl (C=O) groups excluding carboxylic acids is 1. The predicted octanol–water partition coefficient (Wildman–Crippen LogP) is 2.99. The van der Waals surface area contributed by atoms with Gasteiger partial charge in [-0.2, -0.15) is 5.10 Å². The third-order valence-electron chi connectivity index (χ3n) is 3.85. The molecule has 0 saturated carbocycles. The summed E-state index contributed by atoms with van der Waals surface area (Å²) < 4.78 is 1.11. The largest absolute Gasteiger partial charge is 0.333 e. The molecule has 0 atom stereocenters. The molecular weight excluding hydrogens is 318 g/mol. The summed E-state index contributed by atoms with van der Waals surface area (Å²) in [7, 11) is 0. The van der Waals surface area contributed by atoms with Gasteiger partial charge in [0.15, 0.2) is 0 Å². The maximum Gasteiger partial charge on any atom is 0.272 e. The van der Waals surface area contributed by atoms with E-state index in [9.17, 15) is 4.79 Å². The minimum Gasteiger partial charge on any atom is -0.333 e. The molecule has 104 valence electrons. The fourth-order valence-corrected chi connectivity index (χ4v) is 3.03. The molecule has 2 aromatic rings. The highest BCUT2D eigenvalue weighted by molar-refractivity contribution is 9.10. The van der Waals surface area contributed by atoms with E-state index < -0.39 is 0 Å². The average Bonchev–Trinajstić information content (AvgIpc) is 2.88. The number of fused-ring (bicyclic) bond motifs is 1. The number of aromatic amines is 1. The van der Waals surface area contributed by atoms with Gasteiger partial charge in [-0.1, -0.05) is 22.0 Å². The first-order chi connectivity index (χ1) is 9.56. The van der Waals surface area contributed by atoms with E-state index in [1.165, 1.54) is 16.7 Å². The zero-order chi connectivity index (χ0) is 14.3. The summed E-state index contributed by atoms with van der Waals surface area (Å²) >= 11 is 3.54. The number of aryl methyl sites for hydroxylation is 2. The Labute approximate surface area is 126 Å². The summed E-state index contributed by atoms with van der Waals surface area (Å²) in [5, 5.41) is 6.77. The molecule has 20 heavy (non-hydrogen) atoms. The van der Waals surface area contributed by atoms with Crippen LogP contribution in [0.4, 0.5) is 0 Å². The number of aromatic nitrogens is 2. The topological polar surface area (TPSA) is 49.0 Å². The van der Waals surface area contributed by atoms with Crippen molar-refractivity contribution in [1.29, 1.82) is 0 Å². The minimum absolute atomic E-state index is 0.0451. The van der Waals surface area contributed by atoms with Gasteiger partial charge >= 0.3 is 0 Å². The van der Waals surface area contributed by atoms with Crippen LogP contribution in [0, 0.1) is 13.8 Å². The van der Waals surface area contributed by atoms with E-state index in [0.717, 1.165) is 23.0 Å². The van der Waals surface area contributed by atoms with E-state index in [1.807, 2.05) is 4.90 Å². The minimum atomic E-state index is 0.0451. The van der Waals surface area contributed by atoms with Crippen molar-refractivity contribution >= 4 is 21.8 Å². The summed E-state index contributed by atoms with van der Waals surface area (Å²) in [6.07, 6.45) is 2.62. The second kappa shape index (κ2) is 5.05. The standard InChI is InChI=1S/C15H16BrN3O/c1-9-6-13(16)10(2)5-12(9)8-19-4-3-11-7-17-18-14(11)15(19)20/h5-7H,3-4,8H2,1-2H3,(H,17,18). The first-order valence-corrected chi connectivity index (χ1v) is 7.42. The van der Waals surface area contributed by atoms with Crippen molar-refractivity contribution in [2.24, 2.45) is 0 Å². The Kier molecular flexibility index (Phi) is 3.38. The van der Waals surface area contributed by atoms with Crippen LogP contribution in [0.5, 0.6) is 0 Å². The Hall–Kier alpha value is -1.62. The molecule has 1 N–H and O–H groups in total. The summed E-state index contributed by atoms with van der Waals surface area (Å²) in [4.78, 5) is 14.3. The van der Waals surface area contributed by atoms with Gasteiger partial charge in [-0.3, -0.25) is 9.89 Å². The molecule has 3 rings (SSSR count). The molecule has 0 saturated heterocycles. The van der Waals surface area contributed by atoms with E-state index >= 15 is 0 Å². The molecule has 1 aliphatic rings. The predicted molar refractivity (Wildman–Crippen MR) is 80.6 cm³/mol. The first-order valence-electron chi connectivity index (χ1n) is 6.63. The Morgan fingerprint density at radius 2 is 2.15 bits per heavy atom. The molecule has 4 nitrogen and oxygen atoms in total. The SMILES string of the molecule is Cc1cc(CN2CCc3cn[nH]c3C2=O)c(C)cc1Br. The lowest BCUT2D eigenvalue weighted by Crippen LogP contribution is -2.37. The molecule has 1 amide bonds. The van der Waals surface area contributed by atoms with Gasteiger partial charge in [-0.15, -0.1) is 0 Å². The lowest BCUT2D eigenvalue weighted by molar-refractivity contribution is 0.0721. The van der Waals surface area contributed by atoms with Crippen LogP contribution in [0.3, 0.4) is 0 Å². The van der Waals surface area contributed by atoms with Gasteiger partial charge in [0.05, 0.1) is 6.20 Å². The molecule has 1 aliphatic heterocycles. The summed E-state index contributed by atoms with van der Waals surface area (Å²) in [6.45, 7) is 5.55. The van der Waals surface area contributed by atoms with Crippen LogP contribution >= 0.6 is 15.9 Å². The highest BCUT2D eigenvalue weighted by Crippen LogP contribution is 2.24. The average molecular weight is 334 g/mol. The lowest BCUT2D eigenvalue weighted by Gasteiger charge is -2.27. The third kappa shape index (κ3) is 2.26. The van der Waals surface area contributed by atoms with Gasteiger partial charge < -0.3 is 4.90 Å². The smallest absolute Gasteiger partial charge is 0.272 e. The van der Waals surface area contributed by atoms with E-state index in [4.69, 9.17) is 0 Å². The van der Waals surface area contributed by atoms with Crippen molar-refractivity contribution in [1.82, 2.24) is 15.1 Å². The first kappa shape index (κ1) is 13.4. The zero-order valence-corrected chi connectivity index (χ0v) is 13.1. The zero-order valence-electron chi connectivity index (χ0n) is 11.5. The van der Waals surface area contributed by atoms with E-state index in [1.54, 1.807) is 6.20 Å². The van der Waals surface area contributed by atoms with Crippen LogP contribution in [0.1, 0.15) is 32.7 Å². The van der Waals surface area contributed by atoms with Crippen molar-refractivity contribution in [2.45, 2.75) is 26.8 Å². The van der Waals surface area contributed by atoms with Crippen molar-refractivity contribution in [3.63, 3.8) is 0 Å². The Morgan fingerprint density at radius 3 is 2.95 bits per heavy atom. The number of rotatable bonds is 2. The van der Waals surface area contributed by atoms with Crippen LogP contribution in [0.25, 0.3) is 0 Å². The molecule has 0 bridgehead atoms. The Balaban J connectivity index is 1.86. The number of benzene rings is 1.